The summed E-state index contributed by atoms with van der Waals surface area (Å²) in [4.78, 5) is 12.8. The van der Waals surface area contributed by atoms with E-state index in [0.29, 0.717) is 6.04 Å². The maximum Gasteiger partial charge on any atom is 0.191 e. The number of aromatic nitrogens is 1. The monoisotopic (exact) mass is 485 g/mol. The van der Waals surface area contributed by atoms with Crippen LogP contribution in [0.5, 0.6) is 0 Å². The van der Waals surface area contributed by atoms with Crippen molar-refractivity contribution in [3.8, 4) is 0 Å². The highest BCUT2D eigenvalue weighted by Gasteiger charge is 2.21. The summed E-state index contributed by atoms with van der Waals surface area (Å²) in [5.74, 6) is 0.857. The van der Waals surface area contributed by atoms with Gasteiger partial charge in [0.15, 0.2) is 5.96 Å². The molecule has 1 aliphatic heterocycles. The Morgan fingerprint density at radius 3 is 3.00 bits per heavy atom. The van der Waals surface area contributed by atoms with E-state index in [0.717, 1.165) is 44.3 Å². The summed E-state index contributed by atoms with van der Waals surface area (Å²) in [6.07, 6.45) is 3.90. The number of halogens is 1. The van der Waals surface area contributed by atoms with Crippen LogP contribution < -0.4 is 10.6 Å². The molecule has 142 valence electrons. The molecule has 0 amide bonds. The molecule has 3 heterocycles. The van der Waals surface area contributed by atoms with Crippen molar-refractivity contribution < 1.29 is 0 Å². The lowest BCUT2D eigenvalue weighted by Crippen LogP contribution is -2.47. The summed E-state index contributed by atoms with van der Waals surface area (Å²) in [7, 11) is 1.82. The van der Waals surface area contributed by atoms with Crippen molar-refractivity contribution in [1.82, 2.24) is 20.5 Å². The normalized spacial score (nSPS) is 15.7. The van der Waals surface area contributed by atoms with E-state index in [1.165, 1.54) is 12.0 Å². The lowest BCUT2D eigenvalue weighted by Gasteiger charge is -2.32. The van der Waals surface area contributed by atoms with E-state index in [9.17, 15) is 0 Å². The van der Waals surface area contributed by atoms with Crippen molar-refractivity contribution in [3.63, 3.8) is 0 Å². The summed E-state index contributed by atoms with van der Waals surface area (Å²) in [5, 5.41) is 9.03. The minimum absolute atomic E-state index is 0. The van der Waals surface area contributed by atoms with Crippen LogP contribution in [0.2, 0.25) is 0 Å². The SMILES string of the molecule is CN=C(NCCc1ccccn1)NCC(C)N1CCc2sccc2C1.I. The van der Waals surface area contributed by atoms with Crippen molar-refractivity contribution in [2.24, 2.45) is 4.99 Å². The highest BCUT2D eigenvalue weighted by Crippen LogP contribution is 2.24. The first-order chi connectivity index (χ1) is 12.3. The third-order valence-electron chi connectivity index (χ3n) is 4.65. The van der Waals surface area contributed by atoms with E-state index in [1.807, 2.05) is 36.7 Å². The summed E-state index contributed by atoms with van der Waals surface area (Å²) >= 11 is 1.89. The van der Waals surface area contributed by atoms with Gasteiger partial charge in [0, 0.05) is 62.5 Å². The second kappa shape index (κ2) is 10.8. The largest absolute Gasteiger partial charge is 0.356 e. The molecule has 0 fully saturated rings. The molecule has 0 aromatic carbocycles. The number of hydrogen-bond acceptors (Lipinski definition) is 4. The van der Waals surface area contributed by atoms with Gasteiger partial charge in [-0.1, -0.05) is 6.07 Å². The lowest BCUT2D eigenvalue weighted by molar-refractivity contribution is 0.192. The Hall–Kier alpha value is -1.19. The predicted molar refractivity (Wildman–Crippen MR) is 121 cm³/mol. The summed E-state index contributed by atoms with van der Waals surface area (Å²) in [5.41, 5.74) is 2.60. The maximum atomic E-state index is 4.34. The van der Waals surface area contributed by atoms with Crippen LogP contribution in [0.1, 0.15) is 23.1 Å². The molecule has 26 heavy (non-hydrogen) atoms. The van der Waals surface area contributed by atoms with Crippen LogP contribution in [0.4, 0.5) is 0 Å². The smallest absolute Gasteiger partial charge is 0.191 e. The van der Waals surface area contributed by atoms with Gasteiger partial charge in [-0.25, -0.2) is 0 Å². The number of guanidine groups is 1. The van der Waals surface area contributed by atoms with E-state index in [4.69, 9.17) is 0 Å². The molecule has 2 aromatic rings. The average molecular weight is 485 g/mol. The van der Waals surface area contributed by atoms with E-state index in [2.05, 4.69) is 49.9 Å². The molecule has 1 atom stereocenters. The van der Waals surface area contributed by atoms with Crippen LogP contribution >= 0.6 is 35.3 Å². The summed E-state index contributed by atoms with van der Waals surface area (Å²) < 4.78 is 0. The van der Waals surface area contributed by atoms with Crippen molar-refractivity contribution in [3.05, 3.63) is 52.0 Å². The summed E-state index contributed by atoms with van der Waals surface area (Å²) in [6.45, 7) is 6.21. The van der Waals surface area contributed by atoms with Gasteiger partial charge in [0.1, 0.15) is 0 Å². The fourth-order valence-corrected chi connectivity index (χ4v) is 3.99. The highest BCUT2D eigenvalue weighted by atomic mass is 127. The number of hydrogen-bond donors (Lipinski definition) is 2. The number of pyridine rings is 1. The van der Waals surface area contributed by atoms with Crippen molar-refractivity contribution in [2.45, 2.75) is 32.4 Å². The zero-order chi connectivity index (χ0) is 17.5. The van der Waals surface area contributed by atoms with Gasteiger partial charge in [-0.2, -0.15) is 0 Å². The number of aliphatic imine (C=N–C) groups is 1. The van der Waals surface area contributed by atoms with E-state index in [1.54, 1.807) is 4.88 Å². The van der Waals surface area contributed by atoms with Gasteiger partial charge < -0.3 is 10.6 Å². The molecule has 0 spiro atoms. The first kappa shape index (κ1) is 21.1. The van der Waals surface area contributed by atoms with Crippen molar-refractivity contribution in [1.29, 1.82) is 0 Å². The van der Waals surface area contributed by atoms with Crippen LogP contribution in [0, 0.1) is 0 Å². The molecular weight excluding hydrogens is 457 g/mol. The van der Waals surface area contributed by atoms with Gasteiger partial charge in [-0.15, -0.1) is 35.3 Å². The topological polar surface area (TPSA) is 52.6 Å². The van der Waals surface area contributed by atoms with Gasteiger partial charge in [-0.3, -0.25) is 14.9 Å². The molecule has 0 saturated carbocycles. The fourth-order valence-electron chi connectivity index (χ4n) is 3.10. The van der Waals surface area contributed by atoms with Gasteiger partial charge in [0.25, 0.3) is 0 Å². The predicted octanol–water partition coefficient (Wildman–Crippen LogP) is 2.92. The number of fused-ring (bicyclic) bond motifs is 1. The Bertz CT molecular complexity index is 688. The van der Waals surface area contributed by atoms with E-state index >= 15 is 0 Å². The second-order valence-corrected chi connectivity index (χ2v) is 7.39. The zero-order valence-electron chi connectivity index (χ0n) is 15.4. The molecule has 0 aliphatic carbocycles. The van der Waals surface area contributed by atoms with Gasteiger partial charge in [0.05, 0.1) is 0 Å². The standard InChI is InChI=1S/C19H27N5S.HI/c1-15(24-11-7-18-16(14-24)8-12-25-18)13-23-19(20-2)22-10-6-17-5-3-4-9-21-17;/h3-5,8-9,12,15H,6-7,10-11,13-14H2,1-2H3,(H2,20,22,23);1H. The lowest BCUT2D eigenvalue weighted by atomic mass is 10.1. The number of nitrogens with zero attached hydrogens (tertiary/aromatic N) is 3. The molecular formula is C19H28IN5S. The highest BCUT2D eigenvalue weighted by molar-refractivity contribution is 14.0. The van der Waals surface area contributed by atoms with E-state index < -0.39 is 0 Å². The van der Waals surface area contributed by atoms with Crippen molar-refractivity contribution in [2.75, 3.05) is 26.7 Å². The Balaban J connectivity index is 0.00000243. The fraction of sp³-hybridized carbons (Fsp3) is 0.474. The zero-order valence-corrected chi connectivity index (χ0v) is 18.6. The van der Waals surface area contributed by atoms with Crippen LogP contribution in [-0.2, 0) is 19.4 Å². The van der Waals surface area contributed by atoms with Gasteiger partial charge >= 0.3 is 0 Å². The van der Waals surface area contributed by atoms with Crippen LogP contribution in [0.25, 0.3) is 0 Å². The molecule has 2 N–H and O–H groups in total. The quantitative estimate of drug-likeness (QED) is 0.376. The summed E-state index contributed by atoms with van der Waals surface area (Å²) in [6, 6.07) is 8.76. The van der Waals surface area contributed by atoms with Gasteiger partial charge in [-0.05, 0) is 42.5 Å². The molecule has 5 nitrogen and oxygen atoms in total. The Morgan fingerprint density at radius 2 is 2.23 bits per heavy atom. The Labute approximate surface area is 177 Å². The first-order valence-corrected chi connectivity index (χ1v) is 9.78. The molecule has 2 aromatic heterocycles. The molecule has 0 radical (unpaired) electrons. The number of rotatable bonds is 6. The van der Waals surface area contributed by atoms with Crippen LogP contribution in [0.3, 0.4) is 0 Å². The van der Waals surface area contributed by atoms with E-state index in [-0.39, 0.29) is 24.0 Å². The minimum atomic E-state index is 0. The van der Waals surface area contributed by atoms with Gasteiger partial charge in [0.2, 0.25) is 0 Å². The number of nitrogens with one attached hydrogen (secondary N) is 2. The molecule has 1 aliphatic rings. The molecule has 7 heteroatoms. The Morgan fingerprint density at radius 1 is 1.35 bits per heavy atom. The third kappa shape index (κ3) is 5.92. The third-order valence-corrected chi connectivity index (χ3v) is 5.67. The van der Waals surface area contributed by atoms with Crippen molar-refractivity contribution >= 4 is 41.3 Å². The molecule has 0 bridgehead atoms. The average Bonchev–Trinajstić information content (AvgIpc) is 3.13. The first-order valence-electron chi connectivity index (χ1n) is 8.90. The maximum absolute atomic E-state index is 4.34. The minimum Gasteiger partial charge on any atom is -0.356 e. The molecule has 1 unspecified atom stereocenters. The Kier molecular flexibility index (Phi) is 8.80. The van der Waals surface area contributed by atoms with Crippen LogP contribution in [-0.4, -0.2) is 48.6 Å². The van der Waals surface area contributed by atoms with Crippen LogP contribution in [0.15, 0.2) is 40.8 Å². The number of thiophene rings is 1. The molecule has 3 rings (SSSR count). The molecule has 0 saturated heterocycles. The second-order valence-electron chi connectivity index (χ2n) is 6.39.